The van der Waals surface area contributed by atoms with Crippen LogP contribution in [0.4, 0.5) is 0 Å². The van der Waals surface area contributed by atoms with Gasteiger partial charge in [-0.3, -0.25) is 4.79 Å². The average molecular weight is 347 g/mol. The first-order valence-corrected chi connectivity index (χ1v) is 8.20. The third-order valence-corrected chi connectivity index (χ3v) is 4.55. The fourth-order valence-corrected chi connectivity index (χ4v) is 3.47. The van der Waals surface area contributed by atoms with Crippen LogP contribution in [0, 0.1) is 0 Å². The Kier molecular flexibility index (Phi) is 4.15. The highest BCUT2D eigenvalue weighted by Gasteiger charge is 2.21. The lowest BCUT2D eigenvalue weighted by atomic mass is 9.88. The third kappa shape index (κ3) is 3.05. The molecule has 1 heterocycles. The summed E-state index contributed by atoms with van der Waals surface area (Å²) in [6.45, 7) is 2.84. The molecule has 3 nitrogen and oxygen atoms in total. The van der Waals surface area contributed by atoms with E-state index < -0.39 is 0 Å². The monoisotopic (exact) mass is 346 g/mol. The first-order valence-electron chi connectivity index (χ1n) is 7.40. The van der Waals surface area contributed by atoms with Crippen LogP contribution in [-0.4, -0.2) is 16.5 Å². The number of halogens is 1. The standard InChI is InChI=1S/C17H19BrN2O/c1-2-20-11-14(18)10-16(20)17(21)19-15-8-7-12-5-3-4-6-13(12)9-15/h3-6,10-11,15H,2,7-9H2,1H3,(H,19,21). The molecule has 1 atom stereocenters. The van der Waals surface area contributed by atoms with Crippen LogP contribution in [0.1, 0.15) is 35.0 Å². The van der Waals surface area contributed by atoms with E-state index in [1.165, 1.54) is 11.1 Å². The number of fused-ring (bicyclic) bond motifs is 1. The van der Waals surface area contributed by atoms with Gasteiger partial charge in [0.25, 0.3) is 5.91 Å². The molecule has 1 unspecified atom stereocenters. The molecular weight excluding hydrogens is 328 g/mol. The van der Waals surface area contributed by atoms with Crippen molar-refractivity contribution in [2.45, 2.75) is 38.8 Å². The van der Waals surface area contributed by atoms with Crippen molar-refractivity contribution >= 4 is 21.8 Å². The highest BCUT2D eigenvalue weighted by atomic mass is 79.9. The minimum Gasteiger partial charge on any atom is -0.348 e. The molecule has 1 aromatic carbocycles. The van der Waals surface area contributed by atoms with E-state index in [4.69, 9.17) is 0 Å². The Hall–Kier alpha value is -1.55. The maximum Gasteiger partial charge on any atom is 0.268 e. The summed E-state index contributed by atoms with van der Waals surface area (Å²) in [7, 11) is 0. The molecule has 1 aliphatic rings. The van der Waals surface area contributed by atoms with Gasteiger partial charge in [0, 0.05) is 23.3 Å². The van der Waals surface area contributed by atoms with Gasteiger partial charge in [-0.05, 0) is 59.3 Å². The number of hydrogen-bond acceptors (Lipinski definition) is 1. The Morgan fingerprint density at radius 1 is 1.38 bits per heavy atom. The number of hydrogen-bond donors (Lipinski definition) is 1. The smallest absolute Gasteiger partial charge is 0.268 e. The molecule has 0 spiro atoms. The number of benzene rings is 1. The first-order chi connectivity index (χ1) is 10.2. The molecule has 0 fully saturated rings. The first kappa shape index (κ1) is 14.4. The van der Waals surface area contributed by atoms with Gasteiger partial charge < -0.3 is 9.88 Å². The lowest BCUT2D eigenvalue weighted by Gasteiger charge is -2.25. The predicted octanol–water partition coefficient (Wildman–Crippen LogP) is 3.56. The Morgan fingerprint density at radius 2 is 2.14 bits per heavy atom. The zero-order chi connectivity index (χ0) is 14.8. The number of aryl methyl sites for hydroxylation is 2. The average Bonchev–Trinajstić information content (AvgIpc) is 2.88. The van der Waals surface area contributed by atoms with Gasteiger partial charge in [-0.2, -0.15) is 0 Å². The summed E-state index contributed by atoms with van der Waals surface area (Å²) in [4.78, 5) is 12.5. The van der Waals surface area contributed by atoms with Gasteiger partial charge in [0.05, 0.1) is 0 Å². The summed E-state index contributed by atoms with van der Waals surface area (Å²) >= 11 is 3.44. The zero-order valence-electron chi connectivity index (χ0n) is 12.1. The predicted molar refractivity (Wildman–Crippen MR) is 87.5 cm³/mol. The summed E-state index contributed by atoms with van der Waals surface area (Å²) in [5.41, 5.74) is 3.51. The molecule has 1 N–H and O–H groups in total. The number of nitrogens with zero attached hydrogens (tertiary/aromatic N) is 1. The quantitative estimate of drug-likeness (QED) is 0.905. The second kappa shape index (κ2) is 6.06. The van der Waals surface area contributed by atoms with Gasteiger partial charge in [0.2, 0.25) is 0 Å². The van der Waals surface area contributed by atoms with Crippen LogP contribution in [0.3, 0.4) is 0 Å². The van der Waals surface area contributed by atoms with Crippen LogP contribution < -0.4 is 5.32 Å². The van der Waals surface area contributed by atoms with Crippen molar-refractivity contribution in [2.75, 3.05) is 0 Å². The number of nitrogens with one attached hydrogen (secondary N) is 1. The van der Waals surface area contributed by atoms with Gasteiger partial charge in [-0.15, -0.1) is 0 Å². The van der Waals surface area contributed by atoms with Crippen molar-refractivity contribution in [3.05, 3.63) is 57.8 Å². The highest BCUT2D eigenvalue weighted by Crippen LogP contribution is 2.22. The molecule has 2 aromatic rings. The highest BCUT2D eigenvalue weighted by molar-refractivity contribution is 9.10. The molecule has 4 heteroatoms. The van der Waals surface area contributed by atoms with E-state index in [1.54, 1.807) is 0 Å². The van der Waals surface area contributed by atoms with E-state index >= 15 is 0 Å². The molecule has 1 amide bonds. The Morgan fingerprint density at radius 3 is 2.90 bits per heavy atom. The van der Waals surface area contributed by atoms with Crippen LogP contribution >= 0.6 is 15.9 Å². The van der Waals surface area contributed by atoms with Crippen LogP contribution in [-0.2, 0) is 19.4 Å². The number of rotatable bonds is 3. The Bertz CT molecular complexity index is 663. The van der Waals surface area contributed by atoms with Crippen molar-refractivity contribution in [3.63, 3.8) is 0 Å². The van der Waals surface area contributed by atoms with E-state index in [1.807, 2.05) is 23.8 Å². The summed E-state index contributed by atoms with van der Waals surface area (Å²) in [6, 6.07) is 10.6. The van der Waals surface area contributed by atoms with Crippen molar-refractivity contribution < 1.29 is 4.79 Å². The summed E-state index contributed by atoms with van der Waals surface area (Å²) in [6.07, 6.45) is 4.93. The lowest BCUT2D eigenvalue weighted by Crippen LogP contribution is -2.39. The summed E-state index contributed by atoms with van der Waals surface area (Å²) in [5, 5.41) is 3.18. The van der Waals surface area contributed by atoms with E-state index in [9.17, 15) is 4.79 Å². The maximum absolute atomic E-state index is 12.5. The number of aromatic nitrogens is 1. The normalized spacial score (nSPS) is 17.3. The molecule has 3 rings (SSSR count). The zero-order valence-corrected chi connectivity index (χ0v) is 13.7. The molecule has 0 radical (unpaired) electrons. The molecular formula is C17H19BrN2O. The van der Waals surface area contributed by atoms with Crippen LogP contribution in [0.2, 0.25) is 0 Å². The second-order valence-corrected chi connectivity index (χ2v) is 6.43. The number of amides is 1. The fraction of sp³-hybridized carbons (Fsp3) is 0.353. The Balaban J connectivity index is 1.71. The second-order valence-electron chi connectivity index (χ2n) is 5.51. The van der Waals surface area contributed by atoms with Gasteiger partial charge >= 0.3 is 0 Å². The van der Waals surface area contributed by atoms with Crippen molar-refractivity contribution in [3.8, 4) is 0 Å². The fourth-order valence-electron chi connectivity index (χ4n) is 3.01. The minimum absolute atomic E-state index is 0.0203. The van der Waals surface area contributed by atoms with Crippen LogP contribution in [0.5, 0.6) is 0 Å². The molecule has 0 saturated heterocycles. The van der Waals surface area contributed by atoms with Crippen LogP contribution in [0.25, 0.3) is 0 Å². The van der Waals surface area contributed by atoms with Gasteiger partial charge in [0.1, 0.15) is 5.69 Å². The van der Waals surface area contributed by atoms with Crippen molar-refractivity contribution in [1.82, 2.24) is 9.88 Å². The van der Waals surface area contributed by atoms with E-state index in [2.05, 4.69) is 45.5 Å². The maximum atomic E-state index is 12.5. The number of carbonyl (C=O) groups is 1. The lowest BCUT2D eigenvalue weighted by molar-refractivity contribution is 0.0924. The topological polar surface area (TPSA) is 34.0 Å². The molecule has 110 valence electrons. The van der Waals surface area contributed by atoms with E-state index in [-0.39, 0.29) is 11.9 Å². The molecule has 1 aliphatic carbocycles. The number of carbonyl (C=O) groups excluding carboxylic acids is 1. The molecule has 0 saturated carbocycles. The summed E-state index contributed by atoms with van der Waals surface area (Å²) in [5.74, 6) is 0.0203. The third-order valence-electron chi connectivity index (χ3n) is 4.12. The molecule has 0 aliphatic heterocycles. The van der Waals surface area contributed by atoms with Crippen molar-refractivity contribution in [1.29, 1.82) is 0 Å². The largest absolute Gasteiger partial charge is 0.348 e. The summed E-state index contributed by atoms with van der Waals surface area (Å²) < 4.78 is 2.92. The minimum atomic E-state index is 0.0203. The molecule has 1 aromatic heterocycles. The Labute approximate surface area is 133 Å². The van der Waals surface area contributed by atoms with E-state index in [0.717, 1.165) is 36.0 Å². The van der Waals surface area contributed by atoms with E-state index in [0.29, 0.717) is 0 Å². The SMILES string of the molecule is CCn1cc(Br)cc1C(=O)NC1CCc2ccccc2C1. The molecule has 0 bridgehead atoms. The van der Waals surface area contributed by atoms with Crippen molar-refractivity contribution in [2.24, 2.45) is 0 Å². The van der Waals surface area contributed by atoms with Gasteiger partial charge in [0.15, 0.2) is 0 Å². The molecule has 21 heavy (non-hydrogen) atoms. The van der Waals surface area contributed by atoms with Crippen LogP contribution in [0.15, 0.2) is 41.0 Å². The van der Waals surface area contributed by atoms with Gasteiger partial charge in [-0.25, -0.2) is 0 Å². The van der Waals surface area contributed by atoms with Gasteiger partial charge in [-0.1, -0.05) is 24.3 Å².